The molecule has 4 heteroatoms. The monoisotopic (exact) mass is 271 g/mol. The van der Waals surface area contributed by atoms with Gasteiger partial charge in [0.15, 0.2) is 0 Å². The molecule has 2 heterocycles. The highest BCUT2D eigenvalue weighted by molar-refractivity contribution is 6.31. The van der Waals surface area contributed by atoms with Crippen LogP contribution in [0.5, 0.6) is 0 Å². The van der Waals surface area contributed by atoms with Crippen LogP contribution in [0, 0.1) is 11.3 Å². The number of anilines is 1. The van der Waals surface area contributed by atoms with E-state index >= 15 is 0 Å². The normalized spacial score (nSPS) is 15.5. The average molecular weight is 272 g/mol. The Labute approximate surface area is 117 Å². The number of nitrogens with zero attached hydrogens (tertiary/aromatic N) is 3. The lowest BCUT2D eigenvalue weighted by Crippen LogP contribution is -2.30. The highest BCUT2D eigenvalue weighted by atomic mass is 35.5. The van der Waals surface area contributed by atoms with Crippen molar-refractivity contribution in [2.75, 3.05) is 18.0 Å². The molecule has 3 rings (SSSR count). The SMILES string of the molecule is N#Cc1c(Cl)nc2ccccc2c1N1CCCCC1. The molecular formula is C15H14ClN3. The molecule has 0 radical (unpaired) electrons. The molecule has 19 heavy (non-hydrogen) atoms. The van der Waals surface area contributed by atoms with Gasteiger partial charge in [-0.15, -0.1) is 0 Å². The van der Waals surface area contributed by atoms with Crippen LogP contribution in [0.15, 0.2) is 24.3 Å². The van der Waals surface area contributed by atoms with Crippen LogP contribution < -0.4 is 4.90 Å². The lowest BCUT2D eigenvalue weighted by molar-refractivity contribution is 0.578. The number of pyridine rings is 1. The van der Waals surface area contributed by atoms with E-state index in [1.54, 1.807) is 0 Å². The van der Waals surface area contributed by atoms with Gasteiger partial charge in [0.1, 0.15) is 16.8 Å². The first-order chi connectivity index (χ1) is 9.31. The fourth-order valence-electron chi connectivity index (χ4n) is 2.71. The average Bonchev–Trinajstić information content (AvgIpc) is 2.46. The molecule has 0 N–H and O–H groups in total. The summed E-state index contributed by atoms with van der Waals surface area (Å²) in [6.45, 7) is 1.97. The van der Waals surface area contributed by atoms with Gasteiger partial charge >= 0.3 is 0 Å². The van der Waals surface area contributed by atoms with Gasteiger partial charge in [-0.1, -0.05) is 29.8 Å². The number of para-hydroxylation sites is 1. The van der Waals surface area contributed by atoms with Gasteiger partial charge in [0.05, 0.1) is 11.2 Å². The van der Waals surface area contributed by atoms with E-state index in [9.17, 15) is 5.26 Å². The molecule has 1 aliphatic rings. The molecule has 1 aromatic heterocycles. The third-order valence-corrected chi connectivity index (χ3v) is 3.88. The zero-order valence-electron chi connectivity index (χ0n) is 10.6. The van der Waals surface area contributed by atoms with Crippen molar-refractivity contribution in [2.24, 2.45) is 0 Å². The molecule has 1 fully saturated rings. The van der Waals surface area contributed by atoms with Crippen molar-refractivity contribution in [1.29, 1.82) is 5.26 Å². The fourth-order valence-corrected chi connectivity index (χ4v) is 2.93. The zero-order valence-corrected chi connectivity index (χ0v) is 11.3. The van der Waals surface area contributed by atoms with Crippen LogP contribution in [0.25, 0.3) is 10.9 Å². The van der Waals surface area contributed by atoms with Crippen LogP contribution in [-0.4, -0.2) is 18.1 Å². The number of hydrogen-bond acceptors (Lipinski definition) is 3. The number of piperidine rings is 1. The molecule has 1 aromatic carbocycles. The molecule has 0 aliphatic carbocycles. The van der Waals surface area contributed by atoms with Crippen molar-refractivity contribution in [3.8, 4) is 6.07 Å². The minimum absolute atomic E-state index is 0.307. The summed E-state index contributed by atoms with van der Waals surface area (Å²) in [7, 11) is 0. The Morgan fingerprint density at radius 1 is 1.16 bits per heavy atom. The summed E-state index contributed by atoms with van der Waals surface area (Å²) in [4.78, 5) is 6.59. The minimum Gasteiger partial charge on any atom is -0.370 e. The molecule has 0 spiro atoms. The number of rotatable bonds is 1. The topological polar surface area (TPSA) is 39.9 Å². The number of hydrogen-bond donors (Lipinski definition) is 0. The van der Waals surface area contributed by atoms with Crippen LogP contribution in [-0.2, 0) is 0 Å². The molecule has 0 bridgehead atoms. The molecule has 3 nitrogen and oxygen atoms in total. The van der Waals surface area contributed by atoms with E-state index in [4.69, 9.17) is 11.6 Å². The summed E-state index contributed by atoms with van der Waals surface area (Å²) in [6, 6.07) is 10.1. The van der Waals surface area contributed by atoms with Crippen LogP contribution in [0.4, 0.5) is 5.69 Å². The first kappa shape index (κ1) is 12.3. The molecule has 0 unspecified atom stereocenters. The van der Waals surface area contributed by atoms with E-state index in [2.05, 4.69) is 16.0 Å². The summed E-state index contributed by atoms with van der Waals surface area (Å²) >= 11 is 6.17. The van der Waals surface area contributed by atoms with Crippen molar-refractivity contribution in [2.45, 2.75) is 19.3 Å². The molecule has 1 aliphatic heterocycles. The Morgan fingerprint density at radius 3 is 2.63 bits per heavy atom. The lowest BCUT2D eigenvalue weighted by Gasteiger charge is -2.30. The fraction of sp³-hybridized carbons (Fsp3) is 0.333. The Morgan fingerprint density at radius 2 is 1.89 bits per heavy atom. The van der Waals surface area contributed by atoms with Gasteiger partial charge in [0.25, 0.3) is 0 Å². The summed E-state index contributed by atoms with van der Waals surface area (Å²) in [5, 5.41) is 10.7. The molecule has 96 valence electrons. The van der Waals surface area contributed by atoms with E-state index in [0.29, 0.717) is 10.7 Å². The maximum absolute atomic E-state index is 9.39. The molecule has 1 saturated heterocycles. The van der Waals surface area contributed by atoms with E-state index in [1.807, 2.05) is 24.3 Å². The highest BCUT2D eigenvalue weighted by Crippen LogP contribution is 2.34. The van der Waals surface area contributed by atoms with Crippen LogP contribution >= 0.6 is 11.6 Å². The van der Waals surface area contributed by atoms with Crippen LogP contribution in [0.2, 0.25) is 5.15 Å². The second kappa shape index (κ2) is 5.07. The smallest absolute Gasteiger partial charge is 0.149 e. The van der Waals surface area contributed by atoms with E-state index < -0.39 is 0 Å². The molecule has 0 saturated carbocycles. The van der Waals surface area contributed by atoms with E-state index in [1.165, 1.54) is 19.3 Å². The number of halogens is 1. The quantitative estimate of drug-likeness (QED) is 0.742. The summed E-state index contributed by atoms with van der Waals surface area (Å²) in [5.41, 5.74) is 2.31. The third-order valence-electron chi connectivity index (χ3n) is 3.60. The standard InChI is InChI=1S/C15H14ClN3/c16-15-12(10-17)14(19-8-4-1-5-9-19)11-6-2-3-7-13(11)18-15/h2-3,6-7H,1,4-5,8-9H2. The Bertz CT molecular complexity index is 654. The van der Waals surface area contributed by atoms with Crippen molar-refractivity contribution in [3.05, 3.63) is 35.0 Å². The number of aromatic nitrogens is 1. The summed E-state index contributed by atoms with van der Waals surface area (Å²) < 4.78 is 0. The third kappa shape index (κ3) is 2.13. The molecule has 0 amide bonds. The highest BCUT2D eigenvalue weighted by Gasteiger charge is 2.20. The minimum atomic E-state index is 0.307. The maximum Gasteiger partial charge on any atom is 0.149 e. The van der Waals surface area contributed by atoms with Gasteiger partial charge in [-0.05, 0) is 25.3 Å². The largest absolute Gasteiger partial charge is 0.370 e. The van der Waals surface area contributed by atoms with Gasteiger partial charge in [-0.25, -0.2) is 4.98 Å². The first-order valence-corrected chi connectivity index (χ1v) is 6.92. The Hall–Kier alpha value is -1.79. The van der Waals surface area contributed by atoms with Crippen molar-refractivity contribution in [3.63, 3.8) is 0 Å². The van der Waals surface area contributed by atoms with Gasteiger partial charge in [0, 0.05) is 18.5 Å². The van der Waals surface area contributed by atoms with Gasteiger partial charge in [-0.2, -0.15) is 5.26 Å². The number of fused-ring (bicyclic) bond motifs is 1. The second-order valence-electron chi connectivity index (χ2n) is 4.80. The van der Waals surface area contributed by atoms with Gasteiger partial charge in [-0.3, -0.25) is 0 Å². The van der Waals surface area contributed by atoms with E-state index in [0.717, 1.165) is 29.7 Å². The van der Waals surface area contributed by atoms with Crippen molar-refractivity contribution < 1.29 is 0 Å². The van der Waals surface area contributed by atoms with Gasteiger partial charge in [0.2, 0.25) is 0 Å². The van der Waals surface area contributed by atoms with Crippen molar-refractivity contribution in [1.82, 2.24) is 4.98 Å². The second-order valence-corrected chi connectivity index (χ2v) is 5.16. The number of nitriles is 1. The van der Waals surface area contributed by atoms with Gasteiger partial charge < -0.3 is 4.90 Å². The Balaban J connectivity index is 2.26. The molecular weight excluding hydrogens is 258 g/mol. The molecule has 2 aromatic rings. The van der Waals surface area contributed by atoms with Crippen molar-refractivity contribution >= 4 is 28.2 Å². The predicted octanol–water partition coefficient (Wildman–Crippen LogP) is 3.75. The van der Waals surface area contributed by atoms with E-state index in [-0.39, 0.29) is 0 Å². The lowest BCUT2D eigenvalue weighted by atomic mass is 10.0. The maximum atomic E-state index is 9.39. The predicted molar refractivity (Wildman–Crippen MR) is 77.5 cm³/mol. The first-order valence-electron chi connectivity index (χ1n) is 6.54. The molecule has 0 atom stereocenters. The van der Waals surface area contributed by atoms with Crippen LogP contribution in [0.3, 0.4) is 0 Å². The zero-order chi connectivity index (χ0) is 13.2. The summed E-state index contributed by atoms with van der Waals surface area (Å²) in [5.74, 6) is 0. The number of benzene rings is 1. The summed E-state index contributed by atoms with van der Waals surface area (Å²) in [6.07, 6.45) is 3.59. The Kier molecular flexibility index (Phi) is 3.27. The van der Waals surface area contributed by atoms with Crippen LogP contribution in [0.1, 0.15) is 24.8 Å².